The second-order valence-electron chi connectivity index (χ2n) is 5.62. The largest absolute Gasteiger partial charge is 0.303 e. The van der Waals surface area contributed by atoms with Crippen molar-refractivity contribution in [1.29, 1.82) is 0 Å². The number of sulfonamides is 1. The topological polar surface area (TPSA) is 98.4 Å². The third-order valence-corrected chi connectivity index (χ3v) is 4.79. The van der Waals surface area contributed by atoms with E-state index in [-0.39, 0.29) is 12.2 Å². The average molecular weight is 347 g/mol. The molecule has 1 N–H and O–H groups in total. The van der Waals surface area contributed by atoms with E-state index in [0.717, 1.165) is 11.2 Å². The second kappa shape index (κ2) is 6.08. The Bertz CT molecular complexity index is 1000. The molecule has 0 bridgehead atoms. The molecule has 1 amide bonds. The first-order valence-electron chi connectivity index (χ1n) is 7.26. The maximum atomic E-state index is 12.1. The normalized spacial score (nSPS) is 11.8. The van der Waals surface area contributed by atoms with Gasteiger partial charge in [-0.15, -0.1) is 0 Å². The predicted octanol–water partition coefficient (Wildman–Crippen LogP) is 0.565. The highest BCUT2D eigenvalue weighted by Crippen LogP contribution is 2.11. The molecule has 0 atom stereocenters. The number of hydrogen-bond donors (Lipinski definition) is 1. The molecule has 3 rings (SSSR count). The minimum absolute atomic E-state index is 0.0725. The van der Waals surface area contributed by atoms with Crippen LogP contribution in [-0.2, 0) is 34.0 Å². The van der Waals surface area contributed by atoms with Crippen LogP contribution in [0.2, 0.25) is 0 Å². The Labute approximate surface area is 139 Å². The quantitative estimate of drug-likeness (QED) is 0.727. The van der Waals surface area contributed by atoms with Crippen molar-refractivity contribution in [2.45, 2.75) is 19.1 Å². The molecule has 0 aliphatic rings. The van der Waals surface area contributed by atoms with Crippen LogP contribution in [0.1, 0.15) is 16.8 Å². The SMILES string of the molecule is Cc1cccn2c(CC(=O)NS(=O)(=O)Cc3cnn(C)c3)cnc12. The van der Waals surface area contributed by atoms with Gasteiger partial charge in [0.15, 0.2) is 0 Å². The molecule has 0 aliphatic heterocycles. The molecular formula is C15H17N5O3S. The summed E-state index contributed by atoms with van der Waals surface area (Å²) in [6, 6.07) is 3.77. The summed E-state index contributed by atoms with van der Waals surface area (Å²) >= 11 is 0. The monoisotopic (exact) mass is 347 g/mol. The Morgan fingerprint density at radius 2 is 2.12 bits per heavy atom. The summed E-state index contributed by atoms with van der Waals surface area (Å²) in [5, 5.41) is 3.91. The maximum Gasteiger partial charge on any atom is 0.239 e. The Kier molecular flexibility index (Phi) is 4.10. The van der Waals surface area contributed by atoms with E-state index in [4.69, 9.17) is 0 Å². The number of carbonyl (C=O) groups excluding carboxylic acids is 1. The third kappa shape index (κ3) is 3.46. The van der Waals surface area contributed by atoms with Gasteiger partial charge in [0.2, 0.25) is 15.9 Å². The van der Waals surface area contributed by atoms with E-state index in [9.17, 15) is 13.2 Å². The zero-order valence-corrected chi connectivity index (χ0v) is 14.1. The van der Waals surface area contributed by atoms with Crippen LogP contribution in [0.25, 0.3) is 5.65 Å². The van der Waals surface area contributed by atoms with Crippen LogP contribution in [0.5, 0.6) is 0 Å². The van der Waals surface area contributed by atoms with Crippen LogP contribution in [0.15, 0.2) is 36.9 Å². The number of hydrogen-bond acceptors (Lipinski definition) is 5. The van der Waals surface area contributed by atoms with Gasteiger partial charge in [-0.3, -0.25) is 14.2 Å². The number of nitrogens with zero attached hydrogens (tertiary/aromatic N) is 4. The Morgan fingerprint density at radius 1 is 1.33 bits per heavy atom. The molecule has 0 aliphatic carbocycles. The molecule has 0 aromatic carbocycles. The van der Waals surface area contributed by atoms with Crippen LogP contribution in [0.3, 0.4) is 0 Å². The maximum absolute atomic E-state index is 12.1. The molecule has 0 spiro atoms. The van der Waals surface area contributed by atoms with Crippen LogP contribution >= 0.6 is 0 Å². The summed E-state index contributed by atoms with van der Waals surface area (Å²) in [7, 11) is -2.07. The molecule has 3 aromatic heterocycles. The number of amides is 1. The number of pyridine rings is 1. The number of nitrogens with one attached hydrogen (secondary N) is 1. The Hall–Kier alpha value is -2.68. The number of rotatable bonds is 5. The van der Waals surface area contributed by atoms with Gasteiger partial charge in [-0.2, -0.15) is 5.10 Å². The molecule has 0 saturated heterocycles. The van der Waals surface area contributed by atoms with Gasteiger partial charge < -0.3 is 4.40 Å². The second-order valence-corrected chi connectivity index (χ2v) is 7.34. The molecule has 3 heterocycles. The van der Waals surface area contributed by atoms with Gasteiger partial charge in [0.1, 0.15) is 5.65 Å². The van der Waals surface area contributed by atoms with E-state index in [0.29, 0.717) is 11.3 Å². The zero-order valence-electron chi connectivity index (χ0n) is 13.3. The van der Waals surface area contributed by atoms with Crippen molar-refractivity contribution in [3.8, 4) is 0 Å². The van der Waals surface area contributed by atoms with Crippen molar-refractivity contribution in [1.82, 2.24) is 23.9 Å². The first-order valence-corrected chi connectivity index (χ1v) is 8.92. The van der Waals surface area contributed by atoms with Gasteiger partial charge in [0.05, 0.1) is 24.1 Å². The molecule has 0 radical (unpaired) electrons. The third-order valence-electron chi connectivity index (χ3n) is 3.53. The van der Waals surface area contributed by atoms with Crippen molar-refractivity contribution >= 4 is 21.6 Å². The smallest absolute Gasteiger partial charge is 0.239 e. The molecule has 126 valence electrons. The first-order chi connectivity index (χ1) is 11.3. The van der Waals surface area contributed by atoms with E-state index in [1.54, 1.807) is 30.0 Å². The van der Waals surface area contributed by atoms with Gasteiger partial charge in [-0.1, -0.05) is 6.07 Å². The average Bonchev–Trinajstić information content (AvgIpc) is 3.05. The first kappa shape index (κ1) is 16.2. The van der Waals surface area contributed by atoms with Crippen molar-refractivity contribution in [3.63, 3.8) is 0 Å². The number of aryl methyl sites for hydroxylation is 2. The summed E-state index contributed by atoms with van der Waals surface area (Å²) in [4.78, 5) is 16.4. The predicted molar refractivity (Wildman–Crippen MR) is 87.6 cm³/mol. The van der Waals surface area contributed by atoms with E-state index < -0.39 is 15.9 Å². The summed E-state index contributed by atoms with van der Waals surface area (Å²) < 4.78 is 29.5. The lowest BCUT2D eigenvalue weighted by atomic mass is 10.3. The van der Waals surface area contributed by atoms with Crippen molar-refractivity contribution in [2.75, 3.05) is 0 Å². The highest BCUT2D eigenvalue weighted by molar-refractivity contribution is 7.89. The van der Waals surface area contributed by atoms with Crippen LogP contribution in [0.4, 0.5) is 0 Å². The fraction of sp³-hybridized carbons (Fsp3) is 0.267. The highest BCUT2D eigenvalue weighted by atomic mass is 32.2. The standard InChI is InChI=1S/C15H17N5O3S/c1-11-4-3-5-20-13(8-16-15(11)20)6-14(21)18-24(22,23)10-12-7-17-19(2)9-12/h3-5,7-9H,6,10H2,1-2H3,(H,18,21). The van der Waals surface area contributed by atoms with Crippen LogP contribution < -0.4 is 4.72 Å². The summed E-state index contributed by atoms with van der Waals surface area (Å²) in [6.45, 7) is 1.92. The minimum atomic E-state index is -3.77. The van der Waals surface area contributed by atoms with Gasteiger partial charge >= 0.3 is 0 Å². The fourth-order valence-electron chi connectivity index (χ4n) is 2.51. The molecule has 24 heavy (non-hydrogen) atoms. The summed E-state index contributed by atoms with van der Waals surface area (Å²) in [6.07, 6.45) is 6.35. The lowest BCUT2D eigenvalue weighted by Crippen LogP contribution is -2.33. The van der Waals surface area contributed by atoms with E-state index >= 15 is 0 Å². The number of carbonyl (C=O) groups is 1. The Morgan fingerprint density at radius 3 is 2.83 bits per heavy atom. The Balaban J connectivity index is 1.71. The zero-order chi connectivity index (χ0) is 17.3. The van der Waals surface area contributed by atoms with E-state index in [2.05, 4.69) is 14.8 Å². The molecule has 0 fully saturated rings. The molecule has 0 unspecified atom stereocenters. The molecule has 3 aromatic rings. The lowest BCUT2D eigenvalue weighted by Gasteiger charge is -2.06. The van der Waals surface area contributed by atoms with Crippen LogP contribution in [0, 0.1) is 6.92 Å². The lowest BCUT2D eigenvalue weighted by molar-refractivity contribution is -0.118. The van der Waals surface area contributed by atoms with Gasteiger partial charge in [0, 0.05) is 31.2 Å². The molecule has 0 saturated carbocycles. The van der Waals surface area contributed by atoms with Crippen molar-refractivity contribution in [3.05, 3.63) is 53.7 Å². The molecule has 9 heteroatoms. The van der Waals surface area contributed by atoms with E-state index in [1.165, 1.54) is 10.9 Å². The number of imidazole rings is 1. The summed E-state index contributed by atoms with van der Waals surface area (Å²) in [5.41, 5.74) is 2.87. The molecular weight excluding hydrogens is 330 g/mol. The van der Waals surface area contributed by atoms with Gasteiger partial charge in [-0.05, 0) is 18.6 Å². The summed E-state index contributed by atoms with van der Waals surface area (Å²) in [5.74, 6) is -0.888. The minimum Gasteiger partial charge on any atom is -0.303 e. The van der Waals surface area contributed by atoms with Gasteiger partial charge in [-0.25, -0.2) is 13.4 Å². The number of fused-ring (bicyclic) bond motifs is 1. The number of aromatic nitrogens is 4. The van der Waals surface area contributed by atoms with Gasteiger partial charge in [0.25, 0.3) is 0 Å². The fourth-order valence-corrected chi connectivity index (χ4v) is 3.59. The molecule has 8 nitrogen and oxygen atoms in total. The van der Waals surface area contributed by atoms with Crippen molar-refractivity contribution < 1.29 is 13.2 Å². The van der Waals surface area contributed by atoms with E-state index in [1.807, 2.05) is 19.1 Å². The van der Waals surface area contributed by atoms with Crippen LogP contribution in [-0.4, -0.2) is 33.5 Å². The van der Waals surface area contributed by atoms with Crippen molar-refractivity contribution in [2.24, 2.45) is 7.05 Å². The highest BCUT2D eigenvalue weighted by Gasteiger charge is 2.18.